The number of likely N-dealkylation sites (tertiary alicyclic amines) is 1. The molecule has 2 unspecified atom stereocenters. The fraction of sp³-hybridized carbons (Fsp3) is 0.594. The van der Waals surface area contributed by atoms with Crippen LogP contribution in [0.2, 0.25) is 0 Å². The molecular formula is C32H42N4O2. The Kier molecular flexibility index (Phi) is 6.36. The quantitative estimate of drug-likeness (QED) is 0.392. The summed E-state index contributed by atoms with van der Waals surface area (Å²) < 4.78 is 13.2. The van der Waals surface area contributed by atoms with E-state index in [1.54, 1.807) is 14.2 Å². The van der Waals surface area contributed by atoms with Crippen LogP contribution in [0.1, 0.15) is 68.4 Å². The molecule has 0 N–H and O–H groups in total. The molecule has 3 aromatic rings. The van der Waals surface area contributed by atoms with Crippen molar-refractivity contribution in [1.82, 2.24) is 19.2 Å². The van der Waals surface area contributed by atoms with Crippen LogP contribution >= 0.6 is 0 Å². The average molecular weight is 515 g/mol. The lowest BCUT2D eigenvalue weighted by atomic mass is 9.87. The number of pyridine rings is 1. The first kappa shape index (κ1) is 24.5. The summed E-state index contributed by atoms with van der Waals surface area (Å²) in [7, 11) is 3.34. The Morgan fingerprint density at radius 2 is 1.58 bits per heavy atom. The highest BCUT2D eigenvalue weighted by molar-refractivity contribution is 5.67. The molecule has 2 aromatic heterocycles. The van der Waals surface area contributed by atoms with E-state index in [9.17, 15) is 0 Å². The third-order valence-corrected chi connectivity index (χ3v) is 9.98. The third kappa shape index (κ3) is 4.50. The van der Waals surface area contributed by atoms with Gasteiger partial charge in [-0.1, -0.05) is 6.07 Å². The van der Waals surface area contributed by atoms with Crippen LogP contribution in [0.3, 0.4) is 0 Å². The Morgan fingerprint density at radius 1 is 0.842 bits per heavy atom. The van der Waals surface area contributed by atoms with Gasteiger partial charge in [0.15, 0.2) is 11.5 Å². The van der Waals surface area contributed by atoms with Crippen molar-refractivity contribution in [2.45, 2.75) is 82.3 Å². The van der Waals surface area contributed by atoms with Gasteiger partial charge in [-0.2, -0.15) is 0 Å². The molecule has 5 heterocycles. The highest BCUT2D eigenvalue weighted by atomic mass is 16.5. The Hall–Kier alpha value is -2.57. The summed E-state index contributed by atoms with van der Waals surface area (Å²) in [6.07, 6.45) is 15.7. The van der Waals surface area contributed by atoms with Crippen LogP contribution < -0.4 is 9.47 Å². The monoisotopic (exact) mass is 514 g/mol. The minimum absolute atomic E-state index is 0.632. The second kappa shape index (κ2) is 9.87. The molecule has 1 saturated carbocycles. The number of hydrogen-bond donors (Lipinski definition) is 0. The van der Waals surface area contributed by atoms with Crippen LogP contribution in [-0.4, -0.2) is 71.2 Å². The molecule has 2 atom stereocenters. The number of piperidine rings is 2. The predicted octanol–water partition coefficient (Wildman–Crippen LogP) is 5.91. The largest absolute Gasteiger partial charge is 0.493 e. The number of rotatable bonds is 7. The smallest absolute Gasteiger partial charge is 0.161 e. The molecule has 0 radical (unpaired) electrons. The van der Waals surface area contributed by atoms with Crippen LogP contribution in [-0.2, 0) is 0 Å². The highest BCUT2D eigenvalue weighted by Crippen LogP contribution is 2.42. The number of fused-ring (bicyclic) bond motifs is 3. The molecule has 4 fully saturated rings. The van der Waals surface area contributed by atoms with Crippen molar-refractivity contribution in [2.24, 2.45) is 5.92 Å². The van der Waals surface area contributed by atoms with Crippen molar-refractivity contribution < 1.29 is 9.47 Å². The number of benzene rings is 1. The second-order valence-electron chi connectivity index (χ2n) is 12.3. The zero-order valence-corrected chi connectivity index (χ0v) is 23.2. The summed E-state index contributed by atoms with van der Waals surface area (Å²) >= 11 is 0. The number of aryl methyl sites for hydroxylation is 1. The summed E-state index contributed by atoms with van der Waals surface area (Å²) in [4.78, 5) is 10.7. The van der Waals surface area contributed by atoms with Gasteiger partial charge in [0.2, 0.25) is 0 Å². The molecular weight excluding hydrogens is 472 g/mol. The zero-order chi connectivity index (χ0) is 25.8. The number of imidazole rings is 1. The maximum atomic E-state index is 5.52. The molecule has 1 aliphatic carbocycles. The van der Waals surface area contributed by atoms with E-state index in [1.807, 2.05) is 12.1 Å². The first-order chi connectivity index (χ1) is 18.6. The van der Waals surface area contributed by atoms with E-state index in [1.165, 1.54) is 82.1 Å². The lowest BCUT2D eigenvalue weighted by molar-refractivity contribution is 0.0438. The molecule has 6 heteroatoms. The van der Waals surface area contributed by atoms with E-state index in [0.29, 0.717) is 5.92 Å². The van der Waals surface area contributed by atoms with Crippen molar-refractivity contribution in [2.75, 3.05) is 33.9 Å². The zero-order valence-electron chi connectivity index (χ0n) is 23.2. The van der Waals surface area contributed by atoms with Gasteiger partial charge in [-0.3, -0.25) is 4.90 Å². The molecule has 0 spiro atoms. The summed E-state index contributed by atoms with van der Waals surface area (Å²) in [5.74, 6) is 3.12. The predicted molar refractivity (Wildman–Crippen MR) is 151 cm³/mol. The van der Waals surface area contributed by atoms with Crippen molar-refractivity contribution >= 4 is 5.65 Å². The van der Waals surface area contributed by atoms with E-state index in [2.05, 4.69) is 45.7 Å². The fourth-order valence-electron chi connectivity index (χ4n) is 7.69. The molecule has 202 valence electrons. The Labute approximate surface area is 226 Å². The normalized spacial score (nSPS) is 26.8. The maximum absolute atomic E-state index is 5.52. The lowest BCUT2D eigenvalue weighted by Crippen LogP contribution is -2.52. The van der Waals surface area contributed by atoms with Crippen LogP contribution in [0, 0.1) is 12.8 Å². The van der Waals surface area contributed by atoms with Gasteiger partial charge in [-0.25, -0.2) is 4.98 Å². The molecule has 1 aromatic carbocycles. The highest BCUT2D eigenvalue weighted by Gasteiger charge is 2.44. The number of nitrogens with zero attached hydrogens (tertiary/aromatic N) is 4. The molecule has 4 aliphatic rings. The van der Waals surface area contributed by atoms with Gasteiger partial charge in [0.1, 0.15) is 5.65 Å². The molecule has 6 nitrogen and oxygen atoms in total. The number of ether oxygens (including phenoxy) is 2. The number of methoxy groups -OCH3 is 2. The molecule has 2 bridgehead atoms. The minimum atomic E-state index is 0.632. The Bertz CT molecular complexity index is 1290. The van der Waals surface area contributed by atoms with Crippen LogP contribution in [0.5, 0.6) is 11.5 Å². The van der Waals surface area contributed by atoms with Crippen LogP contribution in [0.15, 0.2) is 36.7 Å². The average Bonchev–Trinajstić information content (AvgIpc) is 3.61. The fourth-order valence-corrected chi connectivity index (χ4v) is 7.69. The summed E-state index contributed by atoms with van der Waals surface area (Å²) in [6, 6.07) is 10.9. The van der Waals surface area contributed by atoms with Gasteiger partial charge >= 0.3 is 0 Å². The van der Waals surface area contributed by atoms with E-state index >= 15 is 0 Å². The van der Waals surface area contributed by atoms with E-state index in [4.69, 9.17) is 14.5 Å². The van der Waals surface area contributed by atoms with E-state index in [0.717, 1.165) is 52.4 Å². The maximum Gasteiger partial charge on any atom is 0.161 e. The van der Waals surface area contributed by atoms with Crippen LogP contribution in [0.4, 0.5) is 0 Å². The molecule has 0 amide bonds. The van der Waals surface area contributed by atoms with E-state index < -0.39 is 0 Å². The van der Waals surface area contributed by atoms with Crippen molar-refractivity contribution in [3.05, 3.63) is 47.8 Å². The Balaban J connectivity index is 1.04. The molecule has 38 heavy (non-hydrogen) atoms. The number of aromatic nitrogens is 2. The molecule has 3 aliphatic heterocycles. The third-order valence-electron chi connectivity index (χ3n) is 9.98. The topological polar surface area (TPSA) is 42.2 Å². The van der Waals surface area contributed by atoms with Gasteiger partial charge in [-0.05, 0) is 113 Å². The standard InChI is InChI=1S/C32H42N4O2/c1-21-14-25(19-35-20-29(33-32(21)35)24-6-9-30(37-2)31(15-24)38-3)23-10-12-34(13-11-23)28-16-26-7-8-27(17-28)36(26)18-22-4-5-22/h6,9,14-15,19-20,22-23,26-28H,4-5,7-8,10-13,16-18H2,1-3H3. The summed E-state index contributed by atoms with van der Waals surface area (Å²) in [5.41, 5.74) is 5.74. The summed E-state index contributed by atoms with van der Waals surface area (Å²) in [5, 5.41) is 0. The van der Waals surface area contributed by atoms with Gasteiger partial charge in [0, 0.05) is 42.6 Å². The number of hydrogen-bond acceptors (Lipinski definition) is 5. The van der Waals surface area contributed by atoms with Crippen molar-refractivity contribution in [3.63, 3.8) is 0 Å². The molecule has 7 rings (SSSR count). The SMILES string of the molecule is COc1ccc(-c2cn3cc(C4CCN(C5CC6CCC(C5)N6CC5CC5)CC4)cc(C)c3n2)cc1OC. The Morgan fingerprint density at radius 3 is 2.26 bits per heavy atom. The molecule has 3 saturated heterocycles. The van der Waals surface area contributed by atoms with Crippen molar-refractivity contribution in [1.29, 1.82) is 0 Å². The second-order valence-corrected chi connectivity index (χ2v) is 12.3. The minimum Gasteiger partial charge on any atom is -0.493 e. The van der Waals surface area contributed by atoms with E-state index in [-0.39, 0.29) is 0 Å². The van der Waals surface area contributed by atoms with Gasteiger partial charge < -0.3 is 18.8 Å². The van der Waals surface area contributed by atoms with Gasteiger partial charge in [0.25, 0.3) is 0 Å². The first-order valence-corrected chi connectivity index (χ1v) is 14.8. The van der Waals surface area contributed by atoms with Gasteiger partial charge in [0.05, 0.1) is 19.9 Å². The van der Waals surface area contributed by atoms with Crippen molar-refractivity contribution in [3.8, 4) is 22.8 Å². The van der Waals surface area contributed by atoms with Crippen LogP contribution in [0.25, 0.3) is 16.9 Å². The van der Waals surface area contributed by atoms with Gasteiger partial charge in [-0.15, -0.1) is 0 Å². The lowest BCUT2D eigenvalue weighted by Gasteiger charge is -2.45. The summed E-state index contributed by atoms with van der Waals surface area (Å²) in [6.45, 7) is 6.09. The first-order valence-electron chi connectivity index (χ1n) is 14.8.